The van der Waals surface area contributed by atoms with Crippen molar-refractivity contribution in [2.45, 2.75) is 89.1 Å². The molecule has 2 unspecified atom stereocenters. The van der Waals surface area contributed by atoms with Crippen LogP contribution in [0.1, 0.15) is 64.8 Å². The molecular weight excluding hydrogens is 530 g/mol. The summed E-state index contributed by atoms with van der Waals surface area (Å²) in [5.41, 5.74) is -7.52. The van der Waals surface area contributed by atoms with Crippen LogP contribution < -0.4 is 10.1 Å². The Morgan fingerprint density at radius 1 is 1.16 bits per heavy atom. The summed E-state index contributed by atoms with van der Waals surface area (Å²) in [5, 5.41) is 29.6. The summed E-state index contributed by atoms with van der Waals surface area (Å²) >= 11 is 0. The molecule has 3 heterocycles. The first-order valence-corrected chi connectivity index (χ1v) is 11.4. The fraction of sp³-hybridized carbons (Fsp3) is 0.636. The summed E-state index contributed by atoms with van der Waals surface area (Å²) in [7, 11) is 0. The van der Waals surface area contributed by atoms with E-state index in [1.807, 2.05) is 0 Å². The van der Waals surface area contributed by atoms with Crippen molar-refractivity contribution in [1.82, 2.24) is 15.2 Å². The highest BCUT2D eigenvalue weighted by molar-refractivity contribution is 5.89. The maximum atomic E-state index is 13.9. The largest absolute Gasteiger partial charge is 0.471 e. The number of rotatable bonds is 1. The number of ether oxygens (including phenoxy) is 2. The molecule has 1 amide bonds. The van der Waals surface area contributed by atoms with Crippen LogP contribution in [0.2, 0.25) is 0 Å². The second-order valence-electron chi connectivity index (χ2n) is 9.77. The molecule has 0 spiro atoms. The number of anilines is 1. The van der Waals surface area contributed by atoms with Gasteiger partial charge in [-0.25, -0.2) is 9.78 Å². The van der Waals surface area contributed by atoms with Crippen molar-refractivity contribution in [2.24, 2.45) is 0 Å². The van der Waals surface area contributed by atoms with Crippen molar-refractivity contribution in [3.8, 4) is 17.5 Å². The van der Waals surface area contributed by atoms with Crippen molar-refractivity contribution in [2.75, 3.05) is 5.32 Å². The third-order valence-corrected chi connectivity index (χ3v) is 5.51. The minimum absolute atomic E-state index is 0.0438. The van der Waals surface area contributed by atoms with Crippen LogP contribution in [0.5, 0.6) is 5.88 Å². The number of pyridine rings is 1. The topological polar surface area (TPSA) is 140 Å². The Morgan fingerprint density at radius 3 is 2.39 bits per heavy atom. The maximum Gasteiger partial charge on any atom is 0.426 e. The molecule has 2 aromatic heterocycles. The number of hydrogen-bond acceptors (Lipinski definition) is 9. The van der Waals surface area contributed by atoms with E-state index >= 15 is 0 Å². The number of amides is 1. The van der Waals surface area contributed by atoms with Gasteiger partial charge in [0.15, 0.2) is 5.69 Å². The zero-order valence-electron chi connectivity index (χ0n) is 20.7. The molecular formula is C22H26F6N4O6. The standard InChI is InChI=1S/C22H26F6N4O6/c1-10-13(33)7-5-6-8-20(35,22(26,27)28)17-32-31-16(37-17)14-12(29-18(34)38-19(2,3)4)9-11(21(23,24)25)15(30-14)36-10/h9-10,13,33,35H,5-8H2,1-4H3,(H,29,34)/t10-,13?,20?/m1/s1. The number of carbonyl (C=O) groups excluding carboxylic acids is 1. The number of aliphatic hydroxyl groups excluding tert-OH is 1. The minimum Gasteiger partial charge on any atom is -0.471 e. The van der Waals surface area contributed by atoms with Crippen molar-refractivity contribution in [3.05, 3.63) is 17.5 Å². The number of fused-ring (bicyclic) bond motifs is 5. The van der Waals surface area contributed by atoms with Gasteiger partial charge in [0.25, 0.3) is 11.8 Å². The van der Waals surface area contributed by atoms with Gasteiger partial charge < -0.3 is 24.1 Å². The van der Waals surface area contributed by atoms with Crippen LogP contribution >= 0.6 is 0 Å². The smallest absolute Gasteiger partial charge is 0.426 e. The number of aromatic nitrogens is 3. The molecule has 0 aliphatic carbocycles. The summed E-state index contributed by atoms with van der Waals surface area (Å²) in [4.78, 5) is 16.1. The van der Waals surface area contributed by atoms with E-state index in [1.165, 1.54) is 27.7 Å². The lowest BCUT2D eigenvalue weighted by atomic mass is 9.94. The summed E-state index contributed by atoms with van der Waals surface area (Å²) < 4.78 is 98.8. The second kappa shape index (κ2) is 10.2. The van der Waals surface area contributed by atoms with Gasteiger partial charge in [0, 0.05) is 0 Å². The van der Waals surface area contributed by atoms with Crippen molar-refractivity contribution >= 4 is 11.8 Å². The Morgan fingerprint density at radius 2 is 1.82 bits per heavy atom. The molecule has 2 aromatic rings. The third kappa shape index (κ3) is 6.46. The van der Waals surface area contributed by atoms with E-state index in [9.17, 15) is 41.4 Å². The Balaban J connectivity index is 2.25. The number of carbonyl (C=O) groups is 1. The molecule has 0 fully saturated rings. The van der Waals surface area contributed by atoms with Gasteiger partial charge >= 0.3 is 18.4 Å². The number of alkyl halides is 6. The van der Waals surface area contributed by atoms with Crippen LogP contribution in [0.15, 0.2) is 10.5 Å². The lowest BCUT2D eigenvalue weighted by Crippen LogP contribution is -2.42. The second-order valence-corrected chi connectivity index (χ2v) is 9.77. The van der Waals surface area contributed by atoms with Gasteiger partial charge in [0.1, 0.15) is 17.3 Å². The number of aliphatic hydroxyl groups is 2. The van der Waals surface area contributed by atoms with Crippen LogP contribution in [-0.4, -0.2) is 55.5 Å². The lowest BCUT2D eigenvalue weighted by molar-refractivity contribution is -0.277. The lowest BCUT2D eigenvalue weighted by Gasteiger charge is -2.27. The summed E-state index contributed by atoms with van der Waals surface area (Å²) in [6.07, 6.45) is -15.6. The summed E-state index contributed by atoms with van der Waals surface area (Å²) in [6.45, 7) is 5.72. The molecule has 16 heteroatoms. The van der Waals surface area contributed by atoms with E-state index in [1.54, 1.807) is 0 Å². The molecule has 4 bridgehead atoms. The zero-order chi connectivity index (χ0) is 28.7. The fourth-order valence-electron chi connectivity index (χ4n) is 3.54. The van der Waals surface area contributed by atoms with Gasteiger partial charge in [-0.15, -0.1) is 10.2 Å². The van der Waals surface area contributed by atoms with Gasteiger partial charge in [-0.1, -0.05) is 6.42 Å². The molecule has 1 aliphatic heterocycles. The fourth-order valence-corrected chi connectivity index (χ4v) is 3.54. The predicted octanol–water partition coefficient (Wildman–Crippen LogP) is 4.95. The highest BCUT2D eigenvalue weighted by Gasteiger charge is 2.58. The molecule has 0 radical (unpaired) electrons. The number of nitrogens with one attached hydrogen (secondary N) is 1. The molecule has 3 rings (SSSR count). The average molecular weight is 556 g/mol. The van der Waals surface area contributed by atoms with Gasteiger partial charge in [-0.05, 0) is 53.0 Å². The molecule has 0 saturated carbocycles. The van der Waals surface area contributed by atoms with Crippen molar-refractivity contribution < 1.29 is 55.2 Å². The van der Waals surface area contributed by atoms with Gasteiger partial charge in [-0.3, -0.25) is 5.32 Å². The van der Waals surface area contributed by atoms with Crippen molar-refractivity contribution in [3.63, 3.8) is 0 Å². The number of hydrogen-bond donors (Lipinski definition) is 3. The van der Waals surface area contributed by atoms with Crippen LogP contribution in [0.4, 0.5) is 36.8 Å². The number of nitrogens with zero attached hydrogens (tertiary/aromatic N) is 3. The first kappa shape index (κ1) is 29.4. The highest BCUT2D eigenvalue weighted by atomic mass is 19.4. The van der Waals surface area contributed by atoms with Gasteiger partial charge in [0.05, 0.1) is 11.8 Å². The highest BCUT2D eigenvalue weighted by Crippen LogP contribution is 2.45. The molecule has 10 nitrogen and oxygen atoms in total. The predicted molar refractivity (Wildman–Crippen MR) is 117 cm³/mol. The SMILES string of the molecule is C[C@H]1Oc2nc(c(NC(=O)OC(C)(C)C)cc2C(F)(F)F)-c2nnc(o2)C(O)(C(F)(F)F)CCCCC1O. The average Bonchev–Trinajstić information content (AvgIpc) is 3.24. The number of halogens is 6. The molecule has 212 valence electrons. The monoisotopic (exact) mass is 556 g/mol. The molecule has 3 N–H and O–H groups in total. The van der Waals surface area contributed by atoms with Crippen LogP contribution in [-0.2, 0) is 16.5 Å². The van der Waals surface area contributed by atoms with E-state index in [-0.39, 0.29) is 19.3 Å². The van der Waals surface area contributed by atoms with Gasteiger partial charge in [0.2, 0.25) is 11.5 Å². The summed E-state index contributed by atoms with van der Waals surface area (Å²) in [6, 6.07) is 0.409. The molecule has 3 atom stereocenters. The van der Waals surface area contributed by atoms with E-state index in [0.29, 0.717) is 6.07 Å². The Kier molecular flexibility index (Phi) is 7.90. The Hall–Kier alpha value is -3.14. The van der Waals surface area contributed by atoms with E-state index in [2.05, 4.69) is 20.5 Å². The first-order chi connectivity index (χ1) is 17.3. The van der Waals surface area contributed by atoms with Gasteiger partial charge in [-0.2, -0.15) is 26.3 Å². The first-order valence-electron chi connectivity index (χ1n) is 11.4. The quantitative estimate of drug-likeness (QED) is 0.416. The summed E-state index contributed by atoms with van der Waals surface area (Å²) in [5.74, 6) is -3.19. The minimum atomic E-state index is -5.26. The van der Waals surface area contributed by atoms with Crippen LogP contribution in [0.3, 0.4) is 0 Å². The molecule has 38 heavy (non-hydrogen) atoms. The third-order valence-electron chi connectivity index (χ3n) is 5.51. The zero-order valence-corrected chi connectivity index (χ0v) is 20.7. The normalized spacial score (nSPS) is 23.3. The Bertz CT molecular complexity index is 1160. The maximum absolute atomic E-state index is 13.9. The Labute approximate surface area is 212 Å². The van der Waals surface area contributed by atoms with E-state index in [4.69, 9.17) is 13.9 Å². The van der Waals surface area contributed by atoms with Crippen LogP contribution in [0.25, 0.3) is 11.6 Å². The molecule has 1 aliphatic rings. The molecule has 0 saturated heterocycles. The van der Waals surface area contributed by atoms with Crippen LogP contribution in [0, 0.1) is 0 Å². The molecule has 0 aromatic carbocycles. The van der Waals surface area contributed by atoms with Crippen molar-refractivity contribution in [1.29, 1.82) is 0 Å². The van der Waals surface area contributed by atoms with E-state index < -0.39 is 82.9 Å². The van der Waals surface area contributed by atoms with E-state index in [0.717, 1.165) is 0 Å².